The number of benzene rings is 2. The molecule has 2 heterocycles. The van der Waals surface area contributed by atoms with Crippen LogP contribution in [0.4, 0.5) is 5.69 Å². The fourth-order valence-corrected chi connectivity index (χ4v) is 3.39. The van der Waals surface area contributed by atoms with E-state index in [1.807, 2.05) is 19.1 Å². The largest absolute Gasteiger partial charge is 0.326 e. The van der Waals surface area contributed by atoms with Gasteiger partial charge in [0.1, 0.15) is 0 Å². The Bertz CT molecular complexity index is 1120. The van der Waals surface area contributed by atoms with Crippen LogP contribution in [0.5, 0.6) is 0 Å². The highest BCUT2D eigenvalue weighted by Crippen LogP contribution is 2.27. The van der Waals surface area contributed by atoms with Crippen LogP contribution in [0.3, 0.4) is 0 Å². The van der Waals surface area contributed by atoms with Crippen LogP contribution in [0.25, 0.3) is 11.4 Å². The zero-order valence-electron chi connectivity index (χ0n) is 16.0. The number of nitrogens with zero attached hydrogens (tertiary/aromatic N) is 3. The second-order valence-electron chi connectivity index (χ2n) is 6.89. The summed E-state index contributed by atoms with van der Waals surface area (Å²) in [5, 5.41) is 2.83. The van der Waals surface area contributed by atoms with E-state index in [-0.39, 0.29) is 24.1 Å². The normalized spacial score (nSPS) is 12.8. The standard InChI is InChI=1S/C22H18N4O3/c1-13-10-15(19-17(11-13)21(28)26(2)22(19)29)12-18(27)25-16-6-4-14(5-7-16)20-23-8-3-9-24-20/h3-11H,12H2,1-2H3,(H,25,27). The summed E-state index contributed by atoms with van der Waals surface area (Å²) in [6.45, 7) is 1.84. The fraction of sp³-hybridized carbons (Fsp3) is 0.136. The van der Waals surface area contributed by atoms with Gasteiger partial charge in [0.2, 0.25) is 5.91 Å². The molecule has 0 spiro atoms. The molecule has 0 saturated carbocycles. The minimum Gasteiger partial charge on any atom is -0.326 e. The number of nitrogens with one attached hydrogen (secondary N) is 1. The molecule has 7 heteroatoms. The number of anilines is 1. The number of fused-ring (bicyclic) bond motifs is 1. The van der Waals surface area contributed by atoms with Crippen molar-refractivity contribution in [3.8, 4) is 11.4 Å². The lowest BCUT2D eigenvalue weighted by atomic mass is 9.97. The van der Waals surface area contributed by atoms with Crippen LogP contribution in [0.1, 0.15) is 31.8 Å². The average molecular weight is 386 g/mol. The summed E-state index contributed by atoms with van der Waals surface area (Å²) in [4.78, 5) is 46.7. The molecule has 4 rings (SSSR count). The van der Waals surface area contributed by atoms with Crippen LogP contribution in [-0.4, -0.2) is 39.6 Å². The Hall–Kier alpha value is -3.87. The number of aromatic nitrogens is 2. The van der Waals surface area contributed by atoms with Crippen LogP contribution < -0.4 is 5.32 Å². The number of carbonyl (C=O) groups is 3. The van der Waals surface area contributed by atoms with Gasteiger partial charge in [0.15, 0.2) is 5.82 Å². The Labute approximate surface area is 167 Å². The molecular formula is C22H18N4O3. The molecule has 0 bridgehead atoms. The van der Waals surface area contributed by atoms with Gasteiger partial charge in [-0.3, -0.25) is 19.3 Å². The summed E-state index contributed by atoms with van der Waals surface area (Å²) < 4.78 is 0. The van der Waals surface area contributed by atoms with Gasteiger partial charge in [0, 0.05) is 30.7 Å². The van der Waals surface area contributed by atoms with Crippen LogP contribution in [0.15, 0.2) is 54.9 Å². The molecule has 1 aliphatic heterocycles. The number of aryl methyl sites for hydroxylation is 1. The number of hydrogen-bond donors (Lipinski definition) is 1. The molecule has 2 aromatic carbocycles. The molecule has 29 heavy (non-hydrogen) atoms. The second kappa shape index (κ2) is 7.27. The molecule has 0 aliphatic carbocycles. The molecule has 7 nitrogen and oxygen atoms in total. The van der Waals surface area contributed by atoms with Crippen LogP contribution in [0, 0.1) is 6.92 Å². The number of imide groups is 1. The molecule has 0 fully saturated rings. The number of hydrogen-bond acceptors (Lipinski definition) is 5. The number of amides is 3. The van der Waals surface area contributed by atoms with Crippen LogP contribution in [0.2, 0.25) is 0 Å². The Kier molecular flexibility index (Phi) is 4.64. The topological polar surface area (TPSA) is 92.3 Å². The van der Waals surface area contributed by atoms with E-state index >= 15 is 0 Å². The Balaban J connectivity index is 1.52. The molecule has 3 amide bonds. The van der Waals surface area contributed by atoms with Gasteiger partial charge in [-0.05, 0) is 54.4 Å². The van der Waals surface area contributed by atoms with Crippen molar-refractivity contribution < 1.29 is 14.4 Å². The SMILES string of the molecule is Cc1cc(CC(=O)Nc2ccc(-c3ncccn3)cc2)c2c(c1)C(=O)N(C)C2=O. The predicted octanol–water partition coefficient (Wildman–Crippen LogP) is 2.86. The van der Waals surface area contributed by atoms with Crippen molar-refractivity contribution in [3.05, 3.63) is 77.1 Å². The maximum atomic E-state index is 12.6. The molecule has 0 radical (unpaired) electrons. The lowest BCUT2D eigenvalue weighted by molar-refractivity contribution is -0.115. The highest BCUT2D eigenvalue weighted by atomic mass is 16.2. The van der Waals surface area contributed by atoms with Gasteiger partial charge in [-0.1, -0.05) is 6.07 Å². The lowest BCUT2D eigenvalue weighted by Crippen LogP contribution is -2.24. The second-order valence-corrected chi connectivity index (χ2v) is 6.89. The third kappa shape index (κ3) is 3.50. The summed E-state index contributed by atoms with van der Waals surface area (Å²) >= 11 is 0. The Morgan fingerprint density at radius 3 is 2.41 bits per heavy atom. The van der Waals surface area contributed by atoms with Gasteiger partial charge >= 0.3 is 0 Å². The molecule has 0 saturated heterocycles. The molecule has 144 valence electrons. The first kappa shape index (κ1) is 18.5. The quantitative estimate of drug-likeness (QED) is 0.696. The average Bonchev–Trinajstić information content (AvgIpc) is 2.93. The molecular weight excluding hydrogens is 368 g/mol. The van der Waals surface area contributed by atoms with Crippen molar-refractivity contribution in [2.45, 2.75) is 13.3 Å². The van der Waals surface area contributed by atoms with E-state index in [0.717, 1.165) is 16.0 Å². The highest BCUT2D eigenvalue weighted by molar-refractivity contribution is 6.22. The summed E-state index contributed by atoms with van der Waals surface area (Å²) in [6.07, 6.45) is 3.34. The minimum absolute atomic E-state index is 0.000418. The van der Waals surface area contributed by atoms with E-state index in [2.05, 4.69) is 15.3 Å². The minimum atomic E-state index is -0.375. The maximum Gasteiger partial charge on any atom is 0.261 e. The molecule has 1 aliphatic rings. The first-order chi connectivity index (χ1) is 13.9. The van der Waals surface area contributed by atoms with Crippen molar-refractivity contribution in [2.75, 3.05) is 12.4 Å². The third-order valence-corrected chi connectivity index (χ3v) is 4.76. The molecule has 3 aromatic rings. The maximum absolute atomic E-state index is 12.6. The van der Waals surface area contributed by atoms with Gasteiger partial charge in [-0.15, -0.1) is 0 Å². The first-order valence-corrected chi connectivity index (χ1v) is 9.07. The van der Waals surface area contributed by atoms with Crippen molar-refractivity contribution >= 4 is 23.4 Å². The monoisotopic (exact) mass is 386 g/mol. The summed E-state index contributed by atoms with van der Waals surface area (Å²) in [6, 6.07) is 12.4. The fourth-order valence-electron chi connectivity index (χ4n) is 3.39. The summed E-state index contributed by atoms with van der Waals surface area (Å²) in [5.41, 5.74) is 3.51. The van der Waals surface area contributed by atoms with E-state index in [0.29, 0.717) is 28.2 Å². The van der Waals surface area contributed by atoms with Gasteiger partial charge in [-0.25, -0.2) is 9.97 Å². The number of rotatable bonds is 4. The van der Waals surface area contributed by atoms with E-state index in [1.54, 1.807) is 42.7 Å². The van der Waals surface area contributed by atoms with E-state index in [9.17, 15) is 14.4 Å². The van der Waals surface area contributed by atoms with Crippen LogP contribution >= 0.6 is 0 Å². The summed E-state index contributed by atoms with van der Waals surface area (Å²) in [7, 11) is 1.45. The number of carbonyl (C=O) groups excluding carboxylic acids is 3. The van der Waals surface area contributed by atoms with Gasteiger partial charge in [-0.2, -0.15) is 0 Å². The van der Waals surface area contributed by atoms with Crippen molar-refractivity contribution in [2.24, 2.45) is 0 Å². The lowest BCUT2D eigenvalue weighted by Gasteiger charge is -2.10. The zero-order valence-corrected chi connectivity index (χ0v) is 16.0. The summed E-state index contributed by atoms with van der Waals surface area (Å²) in [5.74, 6) is -0.376. The molecule has 0 unspecified atom stereocenters. The first-order valence-electron chi connectivity index (χ1n) is 9.07. The Morgan fingerprint density at radius 1 is 1.03 bits per heavy atom. The van der Waals surface area contributed by atoms with Crippen molar-refractivity contribution in [1.82, 2.24) is 14.9 Å². The van der Waals surface area contributed by atoms with E-state index in [4.69, 9.17) is 0 Å². The molecule has 0 atom stereocenters. The third-order valence-electron chi connectivity index (χ3n) is 4.76. The Morgan fingerprint density at radius 2 is 1.72 bits per heavy atom. The zero-order chi connectivity index (χ0) is 20.5. The van der Waals surface area contributed by atoms with Crippen molar-refractivity contribution in [3.63, 3.8) is 0 Å². The molecule has 1 N–H and O–H groups in total. The van der Waals surface area contributed by atoms with Gasteiger partial charge in [0.25, 0.3) is 11.8 Å². The van der Waals surface area contributed by atoms with Gasteiger partial charge in [0.05, 0.1) is 17.5 Å². The van der Waals surface area contributed by atoms with Crippen molar-refractivity contribution in [1.29, 1.82) is 0 Å². The van der Waals surface area contributed by atoms with Crippen LogP contribution in [-0.2, 0) is 11.2 Å². The predicted molar refractivity (Wildman–Crippen MR) is 107 cm³/mol. The van der Waals surface area contributed by atoms with E-state index < -0.39 is 0 Å². The van der Waals surface area contributed by atoms with Gasteiger partial charge < -0.3 is 5.32 Å². The smallest absolute Gasteiger partial charge is 0.261 e. The van der Waals surface area contributed by atoms with E-state index in [1.165, 1.54) is 7.05 Å². The highest BCUT2D eigenvalue weighted by Gasteiger charge is 2.35. The molecule has 1 aromatic heterocycles.